The lowest BCUT2D eigenvalue weighted by Gasteiger charge is -2.14. The molecule has 1 N–H and O–H groups in total. The van der Waals surface area contributed by atoms with Crippen LogP contribution in [0.1, 0.15) is 27.0 Å². The third kappa shape index (κ3) is 4.94. The fourth-order valence-corrected chi connectivity index (χ4v) is 3.86. The van der Waals surface area contributed by atoms with Gasteiger partial charge in [0.1, 0.15) is 5.58 Å². The molecule has 4 aromatic rings. The Hall–Kier alpha value is -4.39. The van der Waals surface area contributed by atoms with Crippen molar-refractivity contribution in [3.8, 4) is 17.1 Å². The number of ether oxygens (including phenoxy) is 2. The van der Waals surface area contributed by atoms with Crippen LogP contribution in [0.3, 0.4) is 0 Å². The van der Waals surface area contributed by atoms with Crippen LogP contribution in [0.25, 0.3) is 22.3 Å². The van der Waals surface area contributed by atoms with Crippen molar-refractivity contribution >= 4 is 28.5 Å². The van der Waals surface area contributed by atoms with Crippen LogP contribution in [0.4, 0.5) is 5.69 Å². The zero-order chi connectivity index (χ0) is 25.1. The predicted molar refractivity (Wildman–Crippen MR) is 134 cm³/mol. The van der Waals surface area contributed by atoms with Gasteiger partial charge in [0.25, 0.3) is 5.91 Å². The Kier molecular flexibility index (Phi) is 6.68. The number of carbonyl (C=O) groups excluding carboxylic acids is 2. The largest absolute Gasteiger partial charge is 0.476 e. The third-order valence-corrected chi connectivity index (χ3v) is 5.55. The molecule has 7 heteroatoms. The molecule has 0 bridgehead atoms. The summed E-state index contributed by atoms with van der Waals surface area (Å²) in [7, 11) is 1.26. The highest BCUT2D eigenvalue weighted by molar-refractivity contribution is 6.01. The van der Waals surface area contributed by atoms with Gasteiger partial charge >= 0.3 is 5.97 Å². The maximum atomic E-state index is 13.5. The number of amides is 1. The standard InChI is InChI=1S/C28H25NO6/c1-16-9-11-19(12-10-16)26-27(24(31)21-14-17(2)13-18(3)25(21)35-26)34-15-23(30)29-22-8-6-5-7-20(22)28(32)33-4/h5-14H,15H2,1-4H3,(H,29,30). The highest BCUT2D eigenvalue weighted by Crippen LogP contribution is 2.32. The van der Waals surface area contributed by atoms with E-state index in [0.717, 1.165) is 16.7 Å². The number of hydrogen-bond acceptors (Lipinski definition) is 6. The molecule has 0 fully saturated rings. The second kappa shape index (κ2) is 9.85. The van der Waals surface area contributed by atoms with E-state index in [1.165, 1.54) is 7.11 Å². The zero-order valence-corrected chi connectivity index (χ0v) is 19.9. The van der Waals surface area contributed by atoms with E-state index < -0.39 is 18.5 Å². The summed E-state index contributed by atoms with van der Waals surface area (Å²) in [6, 6.07) is 17.6. The van der Waals surface area contributed by atoms with Gasteiger partial charge in [0, 0.05) is 5.56 Å². The van der Waals surface area contributed by atoms with Crippen LogP contribution >= 0.6 is 0 Å². The maximum absolute atomic E-state index is 13.5. The number of methoxy groups -OCH3 is 1. The maximum Gasteiger partial charge on any atom is 0.339 e. The van der Waals surface area contributed by atoms with Crippen molar-refractivity contribution in [2.75, 3.05) is 19.0 Å². The van der Waals surface area contributed by atoms with Crippen molar-refractivity contribution in [3.63, 3.8) is 0 Å². The summed E-state index contributed by atoms with van der Waals surface area (Å²) in [5, 5.41) is 3.02. The highest BCUT2D eigenvalue weighted by atomic mass is 16.5. The molecule has 0 aliphatic rings. The van der Waals surface area contributed by atoms with Crippen molar-refractivity contribution in [1.29, 1.82) is 0 Å². The first-order chi connectivity index (χ1) is 16.8. The van der Waals surface area contributed by atoms with Gasteiger partial charge in [-0.15, -0.1) is 0 Å². The van der Waals surface area contributed by atoms with Gasteiger partial charge in [-0.2, -0.15) is 0 Å². The lowest BCUT2D eigenvalue weighted by atomic mass is 10.0. The van der Waals surface area contributed by atoms with Crippen molar-refractivity contribution in [3.05, 3.63) is 93.1 Å². The summed E-state index contributed by atoms with van der Waals surface area (Å²) in [6.45, 7) is 5.27. The van der Waals surface area contributed by atoms with Gasteiger partial charge in [-0.1, -0.05) is 48.0 Å². The van der Waals surface area contributed by atoms with E-state index in [9.17, 15) is 14.4 Å². The minimum absolute atomic E-state index is 0.0530. The van der Waals surface area contributed by atoms with Crippen molar-refractivity contribution < 1.29 is 23.5 Å². The molecule has 1 amide bonds. The Bertz CT molecular complexity index is 1480. The van der Waals surface area contributed by atoms with Gasteiger partial charge in [0.2, 0.25) is 11.2 Å². The fourth-order valence-electron chi connectivity index (χ4n) is 3.86. The monoisotopic (exact) mass is 471 g/mol. The van der Waals surface area contributed by atoms with Crippen LogP contribution in [0, 0.1) is 20.8 Å². The molecule has 0 aliphatic heterocycles. The van der Waals surface area contributed by atoms with Crippen molar-refractivity contribution in [1.82, 2.24) is 0 Å². The lowest BCUT2D eigenvalue weighted by molar-refractivity contribution is -0.118. The van der Waals surface area contributed by atoms with E-state index in [2.05, 4.69) is 5.32 Å². The molecule has 35 heavy (non-hydrogen) atoms. The molecule has 1 heterocycles. The number of anilines is 1. The smallest absolute Gasteiger partial charge is 0.339 e. The van der Waals surface area contributed by atoms with Crippen LogP contribution in [0.2, 0.25) is 0 Å². The minimum atomic E-state index is -0.579. The molecule has 0 spiro atoms. The first-order valence-electron chi connectivity index (χ1n) is 11.0. The van der Waals surface area contributed by atoms with Crippen LogP contribution < -0.4 is 15.5 Å². The number of carbonyl (C=O) groups is 2. The molecule has 0 atom stereocenters. The van der Waals surface area contributed by atoms with Gasteiger partial charge in [0.05, 0.1) is 23.7 Å². The second-order valence-corrected chi connectivity index (χ2v) is 8.29. The van der Waals surface area contributed by atoms with Gasteiger partial charge in [0.15, 0.2) is 12.4 Å². The molecule has 0 unspecified atom stereocenters. The SMILES string of the molecule is COC(=O)c1ccccc1NC(=O)COc1c(-c2ccc(C)cc2)oc2c(C)cc(C)cc2c1=O. The minimum Gasteiger partial charge on any atom is -0.476 e. The molecular weight excluding hydrogens is 446 g/mol. The molecule has 3 aromatic carbocycles. The van der Waals surface area contributed by atoms with Crippen LogP contribution in [0.15, 0.2) is 69.9 Å². The average molecular weight is 472 g/mol. The molecule has 178 valence electrons. The predicted octanol–water partition coefficient (Wildman–Crippen LogP) is 5.19. The Morgan fingerprint density at radius 3 is 2.37 bits per heavy atom. The summed E-state index contributed by atoms with van der Waals surface area (Å²) in [5.74, 6) is -0.930. The first kappa shape index (κ1) is 23.8. The number of nitrogens with one attached hydrogen (secondary N) is 1. The van der Waals surface area contributed by atoms with E-state index in [1.54, 1.807) is 30.3 Å². The number of esters is 1. The molecule has 0 radical (unpaired) electrons. The summed E-state index contributed by atoms with van der Waals surface area (Å²) < 4.78 is 16.7. The summed E-state index contributed by atoms with van der Waals surface area (Å²) >= 11 is 0. The molecule has 0 saturated carbocycles. The summed E-state index contributed by atoms with van der Waals surface area (Å²) in [4.78, 5) is 38.2. The Morgan fingerprint density at radius 1 is 0.943 bits per heavy atom. The fraction of sp³-hybridized carbons (Fsp3) is 0.179. The Labute approximate surface area is 202 Å². The molecule has 0 aliphatic carbocycles. The molecular formula is C28H25NO6. The van der Waals surface area contributed by atoms with Gasteiger partial charge in [-0.05, 0) is 50.1 Å². The van der Waals surface area contributed by atoms with Crippen LogP contribution in [-0.4, -0.2) is 25.6 Å². The van der Waals surface area contributed by atoms with E-state index in [0.29, 0.717) is 16.5 Å². The van der Waals surface area contributed by atoms with Gasteiger partial charge < -0.3 is 19.2 Å². The third-order valence-electron chi connectivity index (χ3n) is 5.55. The highest BCUT2D eigenvalue weighted by Gasteiger charge is 2.21. The van der Waals surface area contributed by atoms with Gasteiger partial charge in [-0.3, -0.25) is 9.59 Å². The molecule has 7 nitrogen and oxygen atoms in total. The number of hydrogen-bond donors (Lipinski definition) is 1. The topological polar surface area (TPSA) is 94.8 Å². The van der Waals surface area contributed by atoms with Crippen LogP contribution in [0.5, 0.6) is 5.75 Å². The second-order valence-electron chi connectivity index (χ2n) is 8.29. The lowest BCUT2D eigenvalue weighted by Crippen LogP contribution is -2.24. The van der Waals surface area contributed by atoms with Crippen molar-refractivity contribution in [2.24, 2.45) is 0 Å². The summed E-state index contributed by atoms with van der Waals surface area (Å²) in [5.41, 5.74) is 4.04. The Morgan fingerprint density at radius 2 is 1.66 bits per heavy atom. The van der Waals surface area contributed by atoms with Crippen molar-refractivity contribution in [2.45, 2.75) is 20.8 Å². The number of benzene rings is 3. The number of fused-ring (bicyclic) bond motifs is 1. The van der Waals surface area contributed by atoms with E-state index in [4.69, 9.17) is 13.9 Å². The summed E-state index contributed by atoms with van der Waals surface area (Å²) in [6.07, 6.45) is 0. The van der Waals surface area contributed by atoms with E-state index in [-0.39, 0.29) is 28.2 Å². The molecule has 4 rings (SSSR count). The molecule has 1 aromatic heterocycles. The zero-order valence-electron chi connectivity index (χ0n) is 19.9. The Balaban J connectivity index is 1.71. The van der Waals surface area contributed by atoms with Crippen LogP contribution in [-0.2, 0) is 9.53 Å². The normalized spacial score (nSPS) is 10.7. The average Bonchev–Trinajstić information content (AvgIpc) is 2.84. The number of para-hydroxylation sites is 1. The number of rotatable bonds is 6. The van der Waals surface area contributed by atoms with E-state index in [1.807, 2.05) is 51.1 Å². The quantitative estimate of drug-likeness (QED) is 0.389. The van der Waals surface area contributed by atoms with Gasteiger partial charge in [-0.25, -0.2) is 4.79 Å². The molecule has 0 saturated heterocycles. The van der Waals surface area contributed by atoms with E-state index >= 15 is 0 Å². The first-order valence-corrected chi connectivity index (χ1v) is 11.0. The number of aryl methyl sites for hydroxylation is 3.